The van der Waals surface area contributed by atoms with E-state index < -0.39 is 5.97 Å². The predicted molar refractivity (Wildman–Crippen MR) is 79.8 cm³/mol. The Kier molecular flexibility index (Phi) is 17.1. The van der Waals surface area contributed by atoms with Crippen molar-refractivity contribution in [1.82, 2.24) is 0 Å². The molecule has 0 amide bonds. The number of aliphatic carboxylic acids is 1. The fourth-order valence-corrected chi connectivity index (χ4v) is 1.84. The zero-order valence-electron chi connectivity index (χ0n) is 12.0. The minimum atomic E-state index is -0.738. The Hall–Kier alpha value is -1.05. The monoisotopic (exact) mass is 254 g/mol. The van der Waals surface area contributed by atoms with Gasteiger partial charge in [-0.05, 0) is 6.42 Å². The van der Waals surface area contributed by atoms with Gasteiger partial charge in [-0.25, -0.2) is 0 Å². The predicted octanol–water partition coefficient (Wildman–Crippen LogP) is 5.21. The number of hydrogen-bond donors (Lipinski definition) is 1. The van der Waals surface area contributed by atoms with E-state index in [9.17, 15) is 4.79 Å². The van der Waals surface area contributed by atoms with Crippen LogP contribution < -0.4 is 0 Å². The van der Waals surface area contributed by atoms with E-state index in [-0.39, 0.29) is 5.92 Å². The van der Waals surface area contributed by atoms with Crippen molar-refractivity contribution in [3.63, 3.8) is 0 Å². The van der Waals surface area contributed by atoms with E-state index in [1.807, 2.05) is 0 Å². The second-order valence-electron chi connectivity index (χ2n) is 4.44. The first-order valence-electron chi connectivity index (χ1n) is 7.07. The fraction of sp³-hybridized carbons (Fsp3) is 0.688. The summed E-state index contributed by atoms with van der Waals surface area (Å²) in [4.78, 5) is 10.7. The molecule has 0 radical (unpaired) electrons. The molecule has 0 saturated heterocycles. The van der Waals surface area contributed by atoms with Crippen LogP contribution in [0.25, 0.3) is 0 Å². The minimum Gasteiger partial charge on any atom is -0.481 e. The van der Waals surface area contributed by atoms with Crippen LogP contribution in [-0.2, 0) is 4.79 Å². The number of carboxylic acid groups (broad SMARTS) is 1. The maximum atomic E-state index is 10.7. The van der Waals surface area contributed by atoms with Gasteiger partial charge >= 0.3 is 5.97 Å². The molecular formula is C16H30O2. The van der Waals surface area contributed by atoms with Crippen molar-refractivity contribution in [3.8, 4) is 0 Å². The minimum absolute atomic E-state index is 0.347. The molecule has 0 fully saturated rings. The van der Waals surface area contributed by atoms with Gasteiger partial charge in [0.05, 0.1) is 5.92 Å². The summed E-state index contributed by atoms with van der Waals surface area (Å²) in [7, 11) is 0. The molecule has 2 nitrogen and oxygen atoms in total. The maximum absolute atomic E-state index is 10.7. The molecule has 0 aromatic carbocycles. The van der Waals surface area contributed by atoms with Gasteiger partial charge < -0.3 is 5.11 Å². The van der Waals surface area contributed by atoms with Gasteiger partial charge in [-0.2, -0.15) is 0 Å². The van der Waals surface area contributed by atoms with Crippen LogP contribution in [0.1, 0.15) is 64.7 Å². The van der Waals surface area contributed by atoms with Crippen molar-refractivity contribution in [2.24, 2.45) is 5.92 Å². The summed E-state index contributed by atoms with van der Waals surface area (Å²) in [6.07, 6.45) is 12.3. The molecule has 1 atom stereocenters. The third-order valence-corrected chi connectivity index (χ3v) is 2.97. The first kappa shape index (κ1) is 19.3. The van der Waals surface area contributed by atoms with Crippen LogP contribution >= 0.6 is 0 Å². The Balaban J connectivity index is 0. The van der Waals surface area contributed by atoms with Gasteiger partial charge in [0, 0.05) is 0 Å². The fourth-order valence-electron chi connectivity index (χ4n) is 1.84. The topological polar surface area (TPSA) is 37.3 Å². The van der Waals surface area contributed by atoms with Crippen molar-refractivity contribution >= 4 is 5.97 Å². The number of hydrogen-bond acceptors (Lipinski definition) is 1. The van der Waals surface area contributed by atoms with Gasteiger partial charge in [0.1, 0.15) is 0 Å². The standard InChI is InChI=1S/C14H26O2.C2H4/c1-3-5-6-7-8-9-10-11-12-13(4-2)14(15)16;1-2/h4,13H,2-3,5-12H2,1H3,(H,15,16);1-2H2. The van der Waals surface area contributed by atoms with Crippen LogP contribution in [0.15, 0.2) is 25.8 Å². The third kappa shape index (κ3) is 13.0. The molecule has 0 saturated carbocycles. The lowest BCUT2D eigenvalue weighted by Crippen LogP contribution is -2.10. The van der Waals surface area contributed by atoms with E-state index in [0.717, 1.165) is 19.3 Å². The lowest BCUT2D eigenvalue weighted by Gasteiger charge is -2.06. The largest absolute Gasteiger partial charge is 0.481 e. The van der Waals surface area contributed by atoms with Gasteiger partial charge in [0.25, 0.3) is 0 Å². The van der Waals surface area contributed by atoms with Crippen LogP contribution in [0.4, 0.5) is 0 Å². The molecule has 2 heteroatoms. The Labute approximate surface area is 113 Å². The first-order valence-corrected chi connectivity index (χ1v) is 7.07. The van der Waals surface area contributed by atoms with E-state index in [2.05, 4.69) is 26.7 Å². The van der Waals surface area contributed by atoms with E-state index in [0.29, 0.717) is 0 Å². The molecule has 1 N–H and O–H groups in total. The summed E-state index contributed by atoms with van der Waals surface area (Å²) in [5, 5.41) is 8.80. The number of carbonyl (C=O) groups is 1. The average molecular weight is 254 g/mol. The summed E-state index contributed by atoms with van der Waals surface area (Å²) < 4.78 is 0. The molecule has 18 heavy (non-hydrogen) atoms. The summed E-state index contributed by atoms with van der Waals surface area (Å²) in [6.45, 7) is 11.8. The van der Waals surface area contributed by atoms with Crippen LogP contribution in [0.5, 0.6) is 0 Å². The first-order chi connectivity index (χ1) is 8.72. The molecule has 0 aromatic heterocycles. The molecule has 0 aromatic rings. The van der Waals surface area contributed by atoms with Gasteiger partial charge in [0.15, 0.2) is 0 Å². The summed E-state index contributed by atoms with van der Waals surface area (Å²) >= 11 is 0. The summed E-state index contributed by atoms with van der Waals surface area (Å²) in [6, 6.07) is 0. The average Bonchev–Trinajstić information content (AvgIpc) is 2.39. The third-order valence-electron chi connectivity index (χ3n) is 2.97. The highest BCUT2D eigenvalue weighted by atomic mass is 16.4. The number of rotatable bonds is 11. The zero-order chi connectivity index (χ0) is 14.2. The summed E-state index contributed by atoms with van der Waals surface area (Å²) in [5.74, 6) is -1.09. The molecule has 1 unspecified atom stereocenters. The van der Waals surface area contributed by atoms with Crippen LogP contribution in [-0.4, -0.2) is 11.1 Å². The molecular weight excluding hydrogens is 224 g/mol. The van der Waals surface area contributed by atoms with Crippen molar-refractivity contribution in [1.29, 1.82) is 0 Å². The van der Waals surface area contributed by atoms with Gasteiger partial charge in [-0.1, -0.05) is 64.4 Å². The quantitative estimate of drug-likeness (QED) is 0.406. The van der Waals surface area contributed by atoms with Gasteiger partial charge in [-0.15, -0.1) is 19.7 Å². The van der Waals surface area contributed by atoms with E-state index in [1.54, 1.807) is 6.08 Å². The molecule has 0 rings (SSSR count). The molecule has 0 bridgehead atoms. The second-order valence-corrected chi connectivity index (χ2v) is 4.44. The maximum Gasteiger partial charge on any atom is 0.310 e. The Morgan fingerprint density at radius 2 is 1.50 bits per heavy atom. The molecule has 0 aliphatic heterocycles. The highest BCUT2D eigenvalue weighted by Gasteiger charge is 2.11. The Morgan fingerprint density at radius 1 is 1.06 bits per heavy atom. The van der Waals surface area contributed by atoms with Gasteiger partial charge in [-0.3, -0.25) is 4.79 Å². The molecule has 0 aliphatic rings. The second kappa shape index (κ2) is 16.0. The van der Waals surface area contributed by atoms with E-state index in [1.165, 1.54) is 38.5 Å². The lowest BCUT2D eigenvalue weighted by atomic mass is 10.0. The van der Waals surface area contributed by atoms with Gasteiger partial charge in [0.2, 0.25) is 0 Å². The van der Waals surface area contributed by atoms with Crippen LogP contribution in [0, 0.1) is 5.92 Å². The van der Waals surface area contributed by atoms with Crippen molar-refractivity contribution in [2.45, 2.75) is 64.7 Å². The summed E-state index contributed by atoms with van der Waals surface area (Å²) in [5.41, 5.74) is 0. The zero-order valence-corrected chi connectivity index (χ0v) is 12.0. The highest BCUT2D eigenvalue weighted by molar-refractivity contribution is 5.71. The SMILES string of the molecule is C=C.C=CC(CCCCCCCCCC)C(=O)O. The van der Waals surface area contributed by atoms with Crippen molar-refractivity contribution < 1.29 is 9.90 Å². The molecule has 0 heterocycles. The molecule has 0 spiro atoms. The highest BCUT2D eigenvalue weighted by Crippen LogP contribution is 2.14. The van der Waals surface area contributed by atoms with Crippen molar-refractivity contribution in [3.05, 3.63) is 25.8 Å². The molecule has 0 aliphatic carbocycles. The lowest BCUT2D eigenvalue weighted by molar-refractivity contribution is -0.140. The Morgan fingerprint density at radius 3 is 1.89 bits per heavy atom. The van der Waals surface area contributed by atoms with Crippen LogP contribution in [0.2, 0.25) is 0 Å². The normalized spacial score (nSPS) is 11.2. The number of unbranched alkanes of at least 4 members (excludes halogenated alkanes) is 7. The van der Waals surface area contributed by atoms with Crippen molar-refractivity contribution in [2.75, 3.05) is 0 Å². The van der Waals surface area contributed by atoms with E-state index >= 15 is 0 Å². The molecule has 106 valence electrons. The number of carboxylic acids is 1. The Bertz CT molecular complexity index is 199. The smallest absolute Gasteiger partial charge is 0.310 e. The van der Waals surface area contributed by atoms with Crippen LogP contribution in [0.3, 0.4) is 0 Å². The van der Waals surface area contributed by atoms with E-state index in [4.69, 9.17) is 5.11 Å².